The van der Waals surface area contributed by atoms with E-state index in [1.165, 1.54) is 5.01 Å². The third-order valence-electron chi connectivity index (χ3n) is 4.30. The summed E-state index contributed by atoms with van der Waals surface area (Å²) in [6.07, 6.45) is 0.354. The van der Waals surface area contributed by atoms with Crippen LogP contribution in [0.15, 0.2) is 53.6 Å². The van der Waals surface area contributed by atoms with E-state index in [1.54, 1.807) is 30.3 Å². The van der Waals surface area contributed by atoms with Gasteiger partial charge < -0.3 is 4.74 Å². The van der Waals surface area contributed by atoms with Crippen LogP contribution in [0.4, 0.5) is 5.69 Å². The van der Waals surface area contributed by atoms with Crippen molar-refractivity contribution < 1.29 is 19.1 Å². The van der Waals surface area contributed by atoms with Crippen LogP contribution in [0.25, 0.3) is 0 Å². The van der Waals surface area contributed by atoms with Gasteiger partial charge in [-0.2, -0.15) is 5.10 Å². The van der Waals surface area contributed by atoms with E-state index in [0.29, 0.717) is 11.3 Å². The number of para-hydroxylation sites is 1. The first kappa shape index (κ1) is 18.5. The van der Waals surface area contributed by atoms with Gasteiger partial charge in [-0.3, -0.25) is 9.59 Å². The number of anilines is 1. The number of hydrogen-bond acceptors (Lipinski definition) is 5. The number of ether oxygens (including phenoxy) is 1. The molecule has 0 N–H and O–H groups in total. The number of carbonyl (C=O) groups is 3. The monoisotopic (exact) mass is 364 g/mol. The Bertz CT molecular complexity index is 919. The number of Topliss-reactive ketones (excluding diaryl/α,β-unsaturated/α-hetero) is 1. The van der Waals surface area contributed by atoms with Crippen LogP contribution in [-0.2, 0) is 14.3 Å². The lowest BCUT2D eigenvalue weighted by molar-refractivity contribution is -0.134. The maximum atomic E-state index is 12.4. The maximum Gasteiger partial charge on any atom is 0.354 e. The highest BCUT2D eigenvalue weighted by Gasteiger charge is 2.27. The first-order valence-corrected chi connectivity index (χ1v) is 8.69. The highest BCUT2D eigenvalue weighted by molar-refractivity contribution is 6.38. The standard InChI is InChI=1S/C21H20N2O4/c1-14-8-9-15(2)17(12-14)19(24)13-27-21(26)18-10-11-20(25)23(22-18)16-6-4-3-5-7-16/h3-9,12H,10-11,13H2,1-2H3. The van der Waals surface area contributed by atoms with Crippen molar-refractivity contribution in [3.8, 4) is 0 Å². The van der Waals surface area contributed by atoms with Gasteiger partial charge in [-0.15, -0.1) is 0 Å². The number of benzene rings is 2. The summed E-state index contributed by atoms with van der Waals surface area (Å²) in [4.78, 5) is 36.8. The number of ketones is 1. The Hall–Kier alpha value is -3.28. The SMILES string of the molecule is Cc1ccc(C)c(C(=O)COC(=O)C2=NN(c3ccccc3)C(=O)CC2)c1. The molecule has 27 heavy (non-hydrogen) atoms. The van der Waals surface area contributed by atoms with Crippen LogP contribution in [0.5, 0.6) is 0 Å². The fraction of sp³-hybridized carbons (Fsp3) is 0.238. The zero-order valence-corrected chi connectivity index (χ0v) is 15.3. The van der Waals surface area contributed by atoms with Crippen LogP contribution >= 0.6 is 0 Å². The van der Waals surface area contributed by atoms with Crippen LogP contribution in [0.2, 0.25) is 0 Å². The van der Waals surface area contributed by atoms with E-state index in [1.807, 2.05) is 32.0 Å². The zero-order valence-electron chi connectivity index (χ0n) is 15.3. The van der Waals surface area contributed by atoms with E-state index in [-0.39, 0.29) is 36.9 Å². The van der Waals surface area contributed by atoms with E-state index in [4.69, 9.17) is 4.74 Å². The molecule has 0 atom stereocenters. The number of hydrogen-bond donors (Lipinski definition) is 0. The van der Waals surface area contributed by atoms with Gasteiger partial charge in [0, 0.05) is 18.4 Å². The van der Waals surface area contributed by atoms with Gasteiger partial charge in [0.1, 0.15) is 5.71 Å². The minimum absolute atomic E-state index is 0.132. The van der Waals surface area contributed by atoms with Crippen molar-refractivity contribution in [1.82, 2.24) is 0 Å². The highest BCUT2D eigenvalue weighted by atomic mass is 16.5. The second kappa shape index (κ2) is 7.95. The van der Waals surface area contributed by atoms with Gasteiger partial charge in [0.15, 0.2) is 6.61 Å². The van der Waals surface area contributed by atoms with E-state index in [2.05, 4.69) is 5.10 Å². The summed E-state index contributed by atoms with van der Waals surface area (Å²) in [5, 5.41) is 5.33. The predicted molar refractivity (Wildman–Crippen MR) is 102 cm³/mol. The largest absolute Gasteiger partial charge is 0.453 e. The first-order chi connectivity index (χ1) is 13.0. The van der Waals surface area contributed by atoms with E-state index in [0.717, 1.165) is 11.1 Å². The molecule has 6 nitrogen and oxygen atoms in total. The molecule has 0 spiro atoms. The first-order valence-electron chi connectivity index (χ1n) is 8.69. The molecule has 138 valence electrons. The minimum Gasteiger partial charge on any atom is -0.453 e. The molecule has 0 unspecified atom stereocenters. The van der Waals surface area contributed by atoms with E-state index < -0.39 is 5.97 Å². The molecular formula is C21H20N2O4. The molecule has 1 amide bonds. The fourth-order valence-corrected chi connectivity index (χ4v) is 2.80. The molecular weight excluding hydrogens is 344 g/mol. The number of nitrogens with zero attached hydrogens (tertiary/aromatic N) is 2. The Balaban J connectivity index is 1.69. The van der Waals surface area contributed by atoms with Crippen molar-refractivity contribution in [2.24, 2.45) is 5.10 Å². The molecule has 0 aliphatic carbocycles. The van der Waals surface area contributed by atoms with Gasteiger partial charge in [-0.05, 0) is 37.6 Å². The molecule has 0 saturated heterocycles. The number of amides is 1. The molecule has 0 aromatic heterocycles. The summed E-state index contributed by atoms with van der Waals surface area (Å²) in [6, 6.07) is 14.4. The van der Waals surface area contributed by atoms with Gasteiger partial charge in [0.25, 0.3) is 0 Å². The summed E-state index contributed by atoms with van der Waals surface area (Å²) < 4.78 is 5.15. The minimum atomic E-state index is -0.679. The summed E-state index contributed by atoms with van der Waals surface area (Å²) in [7, 11) is 0. The van der Waals surface area contributed by atoms with Gasteiger partial charge >= 0.3 is 5.97 Å². The Morgan fingerprint density at radius 1 is 1.07 bits per heavy atom. The topological polar surface area (TPSA) is 76.0 Å². The van der Waals surface area contributed by atoms with Crippen LogP contribution in [-0.4, -0.2) is 30.0 Å². The predicted octanol–water partition coefficient (Wildman–Crippen LogP) is 3.21. The molecule has 0 bridgehead atoms. The van der Waals surface area contributed by atoms with Crippen LogP contribution in [0.1, 0.15) is 34.3 Å². The zero-order chi connectivity index (χ0) is 19.4. The van der Waals surface area contributed by atoms with Crippen molar-refractivity contribution in [1.29, 1.82) is 0 Å². The molecule has 2 aromatic carbocycles. The lowest BCUT2D eigenvalue weighted by Crippen LogP contribution is -2.35. The number of rotatable bonds is 5. The molecule has 0 radical (unpaired) electrons. The maximum absolute atomic E-state index is 12.4. The highest BCUT2D eigenvalue weighted by Crippen LogP contribution is 2.20. The number of carbonyl (C=O) groups excluding carboxylic acids is 3. The Labute approximate surface area is 157 Å². The summed E-state index contributed by atoms with van der Waals surface area (Å²) in [6.45, 7) is 3.37. The Morgan fingerprint density at radius 3 is 2.56 bits per heavy atom. The second-order valence-electron chi connectivity index (χ2n) is 6.41. The third kappa shape index (κ3) is 4.28. The molecule has 1 heterocycles. The second-order valence-corrected chi connectivity index (χ2v) is 6.41. The smallest absolute Gasteiger partial charge is 0.354 e. The molecule has 0 saturated carbocycles. The van der Waals surface area contributed by atoms with Crippen molar-refractivity contribution in [2.75, 3.05) is 11.6 Å². The van der Waals surface area contributed by atoms with E-state index in [9.17, 15) is 14.4 Å². The van der Waals surface area contributed by atoms with Gasteiger partial charge in [0.05, 0.1) is 5.69 Å². The molecule has 1 aliphatic heterocycles. The van der Waals surface area contributed by atoms with Crippen molar-refractivity contribution in [3.63, 3.8) is 0 Å². The van der Waals surface area contributed by atoms with Crippen molar-refractivity contribution >= 4 is 29.1 Å². The van der Waals surface area contributed by atoms with Gasteiger partial charge in [-0.1, -0.05) is 35.9 Å². The fourth-order valence-electron chi connectivity index (χ4n) is 2.80. The van der Waals surface area contributed by atoms with Gasteiger partial charge in [0.2, 0.25) is 11.7 Å². The number of aryl methyl sites for hydroxylation is 2. The quantitative estimate of drug-likeness (QED) is 0.603. The third-order valence-corrected chi connectivity index (χ3v) is 4.30. The summed E-state index contributed by atoms with van der Waals surface area (Å²) >= 11 is 0. The van der Waals surface area contributed by atoms with Crippen LogP contribution in [0.3, 0.4) is 0 Å². The van der Waals surface area contributed by atoms with Crippen molar-refractivity contribution in [3.05, 3.63) is 65.2 Å². The summed E-state index contributed by atoms with van der Waals surface area (Å²) in [5.74, 6) is -1.14. The molecule has 0 fully saturated rings. The molecule has 6 heteroatoms. The molecule has 1 aliphatic rings. The Kier molecular flexibility index (Phi) is 5.45. The summed E-state index contributed by atoms with van der Waals surface area (Å²) in [5.41, 5.74) is 3.04. The Morgan fingerprint density at radius 2 is 1.81 bits per heavy atom. The van der Waals surface area contributed by atoms with E-state index >= 15 is 0 Å². The van der Waals surface area contributed by atoms with Crippen LogP contribution < -0.4 is 5.01 Å². The lowest BCUT2D eigenvalue weighted by atomic mass is 10.0. The normalized spacial score (nSPS) is 13.9. The average molecular weight is 364 g/mol. The number of hydrazone groups is 1. The lowest BCUT2D eigenvalue weighted by Gasteiger charge is -2.22. The average Bonchev–Trinajstić information content (AvgIpc) is 2.68. The van der Waals surface area contributed by atoms with Crippen LogP contribution in [0, 0.1) is 13.8 Å². The van der Waals surface area contributed by atoms with Crippen molar-refractivity contribution in [2.45, 2.75) is 26.7 Å². The molecule has 3 rings (SSSR count). The van der Waals surface area contributed by atoms with Gasteiger partial charge in [-0.25, -0.2) is 9.80 Å². The number of esters is 1. The molecule has 2 aromatic rings.